The van der Waals surface area contributed by atoms with Crippen molar-refractivity contribution in [2.45, 2.75) is 19.3 Å². The third-order valence-electron chi connectivity index (χ3n) is 2.55. The molecule has 0 atom stereocenters. The molecule has 16 heavy (non-hydrogen) atoms. The molecule has 0 spiro atoms. The van der Waals surface area contributed by atoms with Crippen LogP contribution in [0.3, 0.4) is 0 Å². The summed E-state index contributed by atoms with van der Waals surface area (Å²) in [4.78, 5) is 8.71. The number of hydrogen-bond acceptors (Lipinski definition) is 4. The second-order valence-electron chi connectivity index (χ2n) is 3.86. The highest BCUT2D eigenvalue weighted by molar-refractivity contribution is 5.79. The molecule has 1 aromatic rings. The van der Waals surface area contributed by atoms with E-state index in [9.17, 15) is 0 Å². The maximum absolute atomic E-state index is 4.43. The fraction of sp³-hybridized carbons (Fsp3) is 0.500. The Kier molecular flexibility index (Phi) is 4.16. The van der Waals surface area contributed by atoms with E-state index < -0.39 is 0 Å². The van der Waals surface area contributed by atoms with Crippen molar-refractivity contribution >= 4 is 5.96 Å². The highest BCUT2D eigenvalue weighted by Crippen LogP contribution is 1.95. The number of pyridine rings is 1. The third-order valence-corrected chi connectivity index (χ3v) is 2.55. The van der Waals surface area contributed by atoms with Gasteiger partial charge in [-0.15, -0.1) is 0 Å². The van der Waals surface area contributed by atoms with Crippen molar-refractivity contribution in [1.29, 1.82) is 0 Å². The molecule has 2 N–H and O–H groups in total. The first-order valence-corrected chi connectivity index (χ1v) is 5.87. The Balaban J connectivity index is 1.73. The molecular formula is C12H18N4. The van der Waals surface area contributed by atoms with Crippen LogP contribution in [0.4, 0.5) is 0 Å². The van der Waals surface area contributed by atoms with Crippen molar-refractivity contribution in [3.05, 3.63) is 30.1 Å². The van der Waals surface area contributed by atoms with Crippen LogP contribution in [0.2, 0.25) is 0 Å². The number of hydrogen-bond donors (Lipinski definition) is 2. The minimum Gasteiger partial charge on any atom is -0.356 e. The predicted molar refractivity (Wildman–Crippen MR) is 65.5 cm³/mol. The van der Waals surface area contributed by atoms with Gasteiger partial charge in [-0.3, -0.25) is 9.98 Å². The molecule has 0 aromatic carbocycles. The molecule has 0 fully saturated rings. The first-order chi connectivity index (χ1) is 7.95. The molecular weight excluding hydrogens is 200 g/mol. The van der Waals surface area contributed by atoms with Gasteiger partial charge in [-0.05, 0) is 25.0 Å². The molecule has 2 heterocycles. The Morgan fingerprint density at radius 2 is 2.31 bits per heavy atom. The minimum absolute atomic E-state index is 0.878. The van der Waals surface area contributed by atoms with Gasteiger partial charge in [0.15, 0.2) is 5.96 Å². The molecule has 4 nitrogen and oxygen atoms in total. The zero-order valence-corrected chi connectivity index (χ0v) is 9.45. The van der Waals surface area contributed by atoms with Gasteiger partial charge in [-0.1, -0.05) is 6.07 Å². The van der Waals surface area contributed by atoms with E-state index in [1.165, 1.54) is 12.8 Å². The first kappa shape index (κ1) is 10.9. The maximum atomic E-state index is 4.43. The third kappa shape index (κ3) is 3.53. The van der Waals surface area contributed by atoms with Crippen molar-refractivity contribution in [3.63, 3.8) is 0 Å². The number of guanidine groups is 1. The quantitative estimate of drug-likeness (QED) is 0.794. The number of aromatic nitrogens is 1. The van der Waals surface area contributed by atoms with Crippen molar-refractivity contribution in [1.82, 2.24) is 15.6 Å². The van der Waals surface area contributed by atoms with Crippen LogP contribution in [-0.4, -0.2) is 30.6 Å². The summed E-state index contributed by atoms with van der Waals surface area (Å²) in [5, 5.41) is 6.60. The van der Waals surface area contributed by atoms with Gasteiger partial charge in [-0.25, -0.2) is 0 Å². The summed E-state index contributed by atoms with van der Waals surface area (Å²) in [6, 6.07) is 6.00. The van der Waals surface area contributed by atoms with Crippen LogP contribution in [0.25, 0.3) is 0 Å². The Labute approximate surface area is 96.2 Å². The maximum Gasteiger partial charge on any atom is 0.191 e. The Bertz CT molecular complexity index is 334. The average molecular weight is 218 g/mol. The van der Waals surface area contributed by atoms with Gasteiger partial charge < -0.3 is 10.6 Å². The van der Waals surface area contributed by atoms with Crippen molar-refractivity contribution in [2.75, 3.05) is 19.6 Å². The monoisotopic (exact) mass is 218 g/mol. The lowest BCUT2D eigenvalue weighted by Crippen LogP contribution is -2.38. The molecule has 1 aromatic heterocycles. The van der Waals surface area contributed by atoms with Gasteiger partial charge in [0, 0.05) is 37.9 Å². The standard InChI is InChI=1S/C12H18N4/c1-2-7-13-11(5-1)6-10-16-12-14-8-3-4-9-15-12/h1-2,5,7H,3-4,6,8-10H2,(H2,14,15,16). The predicted octanol–water partition coefficient (Wildman–Crippen LogP) is 0.953. The van der Waals surface area contributed by atoms with E-state index in [1.807, 2.05) is 24.4 Å². The van der Waals surface area contributed by atoms with Crippen molar-refractivity contribution in [3.8, 4) is 0 Å². The van der Waals surface area contributed by atoms with Crippen LogP contribution < -0.4 is 10.6 Å². The average Bonchev–Trinajstić information content (AvgIpc) is 2.59. The molecule has 4 heteroatoms. The Morgan fingerprint density at radius 1 is 1.31 bits per heavy atom. The highest BCUT2D eigenvalue weighted by atomic mass is 15.2. The fourth-order valence-corrected chi connectivity index (χ4v) is 1.66. The lowest BCUT2D eigenvalue weighted by atomic mass is 10.3. The van der Waals surface area contributed by atoms with Gasteiger partial charge >= 0.3 is 0 Å². The van der Waals surface area contributed by atoms with E-state index in [-0.39, 0.29) is 0 Å². The number of aliphatic imine (C=N–C) groups is 1. The van der Waals surface area contributed by atoms with Crippen LogP contribution in [0.1, 0.15) is 18.5 Å². The van der Waals surface area contributed by atoms with E-state index >= 15 is 0 Å². The van der Waals surface area contributed by atoms with E-state index in [0.29, 0.717) is 0 Å². The molecule has 2 rings (SSSR count). The summed E-state index contributed by atoms with van der Waals surface area (Å²) in [5.74, 6) is 0.938. The molecule has 1 aliphatic heterocycles. The number of rotatable bonds is 3. The normalized spacial score (nSPS) is 15.9. The van der Waals surface area contributed by atoms with Crippen LogP contribution in [0, 0.1) is 0 Å². The minimum atomic E-state index is 0.878. The summed E-state index contributed by atoms with van der Waals surface area (Å²) in [5.41, 5.74) is 1.12. The second-order valence-corrected chi connectivity index (χ2v) is 3.86. The lowest BCUT2D eigenvalue weighted by molar-refractivity contribution is 0.740. The number of nitrogens with one attached hydrogen (secondary N) is 2. The van der Waals surface area contributed by atoms with E-state index in [1.54, 1.807) is 0 Å². The van der Waals surface area contributed by atoms with Crippen LogP contribution >= 0.6 is 0 Å². The van der Waals surface area contributed by atoms with Crippen LogP contribution in [-0.2, 0) is 6.42 Å². The van der Waals surface area contributed by atoms with E-state index in [4.69, 9.17) is 0 Å². The molecule has 0 amide bonds. The molecule has 1 aliphatic rings. The largest absolute Gasteiger partial charge is 0.356 e. The van der Waals surface area contributed by atoms with E-state index in [0.717, 1.165) is 37.7 Å². The summed E-state index contributed by atoms with van der Waals surface area (Å²) in [7, 11) is 0. The second kappa shape index (κ2) is 6.10. The van der Waals surface area contributed by atoms with Gasteiger partial charge in [0.1, 0.15) is 0 Å². The summed E-state index contributed by atoms with van der Waals surface area (Å²) in [6.45, 7) is 2.83. The summed E-state index contributed by atoms with van der Waals surface area (Å²) < 4.78 is 0. The Morgan fingerprint density at radius 3 is 3.19 bits per heavy atom. The Hall–Kier alpha value is -1.58. The van der Waals surface area contributed by atoms with Crippen molar-refractivity contribution in [2.24, 2.45) is 4.99 Å². The molecule has 0 unspecified atom stereocenters. The van der Waals surface area contributed by atoms with Gasteiger partial charge in [0.2, 0.25) is 0 Å². The van der Waals surface area contributed by atoms with Gasteiger partial charge in [0.05, 0.1) is 0 Å². The van der Waals surface area contributed by atoms with E-state index in [2.05, 4.69) is 20.6 Å². The molecule has 0 saturated carbocycles. The molecule has 0 aliphatic carbocycles. The zero-order valence-electron chi connectivity index (χ0n) is 9.45. The lowest BCUT2D eigenvalue weighted by Gasteiger charge is -2.09. The van der Waals surface area contributed by atoms with Crippen LogP contribution in [0.15, 0.2) is 29.4 Å². The van der Waals surface area contributed by atoms with Gasteiger partial charge in [0.25, 0.3) is 0 Å². The molecule has 0 saturated heterocycles. The molecule has 0 radical (unpaired) electrons. The zero-order chi connectivity index (χ0) is 11.1. The fourth-order valence-electron chi connectivity index (χ4n) is 1.66. The molecule has 86 valence electrons. The smallest absolute Gasteiger partial charge is 0.191 e. The van der Waals surface area contributed by atoms with Crippen LogP contribution in [0.5, 0.6) is 0 Å². The summed E-state index contributed by atoms with van der Waals surface area (Å²) in [6.07, 6.45) is 5.14. The van der Waals surface area contributed by atoms with Gasteiger partial charge in [-0.2, -0.15) is 0 Å². The SMILES string of the molecule is c1ccc(CCNC2=NCCCCN2)nc1. The summed E-state index contributed by atoms with van der Waals surface area (Å²) >= 11 is 0. The first-order valence-electron chi connectivity index (χ1n) is 5.87. The topological polar surface area (TPSA) is 49.3 Å². The molecule has 0 bridgehead atoms. The highest BCUT2D eigenvalue weighted by Gasteiger charge is 2.01. The van der Waals surface area contributed by atoms with Crippen molar-refractivity contribution < 1.29 is 0 Å². The number of nitrogens with zero attached hydrogens (tertiary/aromatic N) is 2.